The molecule has 2 aromatic carbocycles. The molecule has 0 saturated carbocycles. The number of thiazole rings is 1. The van der Waals surface area contributed by atoms with Crippen LogP contribution in [0, 0.1) is 13.8 Å². The van der Waals surface area contributed by atoms with Gasteiger partial charge in [0, 0.05) is 22.0 Å². The van der Waals surface area contributed by atoms with E-state index < -0.39 is 0 Å². The zero-order valence-electron chi connectivity index (χ0n) is 13.7. The molecule has 0 aliphatic heterocycles. The van der Waals surface area contributed by atoms with E-state index in [1.807, 2.05) is 54.9 Å². The maximum atomic E-state index is 12.4. The van der Waals surface area contributed by atoms with Crippen LogP contribution in [0.25, 0.3) is 11.3 Å². The molecule has 1 amide bonds. The van der Waals surface area contributed by atoms with Crippen LogP contribution in [0.3, 0.4) is 0 Å². The number of rotatable bonds is 2. The predicted molar refractivity (Wildman–Crippen MR) is 102 cm³/mol. The molecular weight excluding hydrogens is 384 g/mol. The number of carbonyl (C=O) groups is 1. The molecule has 24 heavy (non-hydrogen) atoms. The van der Waals surface area contributed by atoms with Crippen molar-refractivity contribution in [1.82, 2.24) is 4.57 Å². The van der Waals surface area contributed by atoms with Gasteiger partial charge in [-0.1, -0.05) is 45.8 Å². The summed E-state index contributed by atoms with van der Waals surface area (Å²) in [6, 6.07) is 15.6. The van der Waals surface area contributed by atoms with Crippen LogP contribution in [0.4, 0.5) is 0 Å². The highest BCUT2D eigenvalue weighted by Gasteiger charge is 2.11. The minimum Gasteiger partial charge on any atom is -0.319 e. The SMILES string of the molecule is Cc1ccc(C(=O)N=c2sc(C)c(-c3ccc(Br)cc3)n2C)cc1. The molecule has 5 heteroatoms. The fourth-order valence-electron chi connectivity index (χ4n) is 2.54. The summed E-state index contributed by atoms with van der Waals surface area (Å²) in [5.41, 5.74) is 3.93. The third-order valence-corrected chi connectivity index (χ3v) is 5.39. The van der Waals surface area contributed by atoms with E-state index in [-0.39, 0.29) is 5.91 Å². The van der Waals surface area contributed by atoms with Gasteiger partial charge in [-0.15, -0.1) is 11.3 Å². The normalized spacial score (nSPS) is 11.8. The van der Waals surface area contributed by atoms with E-state index in [2.05, 4.69) is 40.0 Å². The van der Waals surface area contributed by atoms with Crippen molar-refractivity contribution in [1.29, 1.82) is 0 Å². The monoisotopic (exact) mass is 400 g/mol. The minimum absolute atomic E-state index is 0.214. The summed E-state index contributed by atoms with van der Waals surface area (Å²) in [5, 5.41) is 0. The Bertz CT molecular complexity index is 951. The second-order valence-corrected chi connectivity index (χ2v) is 7.74. The van der Waals surface area contributed by atoms with Crippen LogP contribution in [0.1, 0.15) is 20.8 Å². The van der Waals surface area contributed by atoms with Crippen molar-refractivity contribution < 1.29 is 4.79 Å². The van der Waals surface area contributed by atoms with E-state index in [0.29, 0.717) is 10.4 Å². The number of hydrogen-bond acceptors (Lipinski definition) is 2. The summed E-state index contributed by atoms with van der Waals surface area (Å²) in [6.07, 6.45) is 0. The lowest BCUT2D eigenvalue weighted by Gasteiger charge is -2.04. The molecule has 1 aromatic heterocycles. The Balaban J connectivity index is 2.03. The first kappa shape index (κ1) is 16.9. The molecule has 122 valence electrons. The molecule has 0 saturated heterocycles. The molecule has 3 aromatic rings. The zero-order valence-corrected chi connectivity index (χ0v) is 16.1. The number of amides is 1. The number of halogens is 1. The number of benzene rings is 2. The minimum atomic E-state index is -0.214. The fraction of sp³-hybridized carbons (Fsp3) is 0.158. The standard InChI is InChI=1S/C19H17BrN2OS/c1-12-4-6-15(7-5-12)18(23)21-19-22(3)17(13(2)24-19)14-8-10-16(20)11-9-14/h4-11H,1-3H3. The van der Waals surface area contributed by atoms with Crippen LogP contribution >= 0.6 is 27.3 Å². The van der Waals surface area contributed by atoms with E-state index >= 15 is 0 Å². The lowest BCUT2D eigenvalue weighted by atomic mass is 10.1. The quantitative estimate of drug-likeness (QED) is 0.603. The third-order valence-electron chi connectivity index (χ3n) is 3.81. The van der Waals surface area contributed by atoms with Crippen molar-refractivity contribution in [3.63, 3.8) is 0 Å². The van der Waals surface area contributed by atoms with E-state index in [9.17, 15) is 4.79 Å². The Morgan fingerprint density at radius 1 is 1.04 bits per heavy atom. The molecule has 3 nitrogen and oxygen atoms in total. The van der Waals surface area contributed by atoms with Gasteiger partial charge >= 0.3 is 0 Å². The average Bonchev–Trinajstić information content (AvgIpc) is 2.83. The molecule has 0 unspecified atom stereocenters. The Morgan fingerprint density at radius 2 is 1.67 bits per heavy atom. The molecule has 0 radical (unpaired) electrons. The molecule has 0 atom stereocenters. The number of hydrogen-bond donors (Lipinski definition) is 0. The molecule has 0 aliphatic rings. The van der Waals surface area contributed by atoms with Crippen LogP contribution in [0.15, 0.2) is 58.0 Å². The molecule has 0 N–H and O–H groups in total. The molecule has 0 bridgehead atoms. The smallest absolute Gasteiger partial charge is 0.279 e. The Labute approximate surface area is 153 Å². The molecule has 0 spiro atoms. The summed E-state index contributed by atoms with van der Waals surface area (Å²) in [7, 11) is 1.95. The molecule has 0 fully saturated rings. The van der Waals surface area contributed by atoms with Gasteiger partial charge in [-0.25, -0.2) is 0 Å². The lowest BCUT2D eigenvalue weighted by molar-refractivity contribution is 0.0998. The Hall–Kier alpha value is -1.98. The predicted octanol–water partition coefficient (Wildman–Crippen LogP) is 4.87. The van der Waals surface area contributed by atoms with Gasteiger partial charge in [-0.05, 0) is 43.7 Å². The summed E-state index contributed by atoms with van der Waals surface area (Å²) < 4.78 is 3.02. The molecular formula is C19H17BrN2OS. The summed E-state index contributed by atoms with van der Waals surface area (Å²) in [5.74, 6) is -0.214. The number of carbonyl (C=O) groups excluding carboxylic acids is 1. The maximum absolute atomic E-state index is 12.4. The van der Waals surface area contributed by atoms with Gasteiger partial charge in [-0.2, -0.15) is 4.99 Å². The highest BCUT2D eigenvalue weighted by atomic mass is 79.9. The number of aryl methyl sites for hydroxylation is 2. The Kier molecular flexibility index (Phi) is 4.83. The van der Waals surface area contributed by atoms with Crippen LogP contribution < -0.4 is 4.80 Å². The van der Waals surface area contributed by atoms with Crippen LogP contribution in [-0.4, -0.2) is 10.5 Å². The first-order valence-corrected chi connectivity index (χ1v) is 9.15. The van der Waals surface area contributed by atoms with E-state index in [1.165, 1.54) is 11.3 Å². The summed E-state index contributed by atoms with van der Waals surface area (Å²) >= 11 is 4.99. The molecule has 1 heterocycles. The summed E-state index contributed by atoms with van der Waals surface area (Å²) in [6.45, 7) is 4.05. The number of aromatic nitrogens is 1. The first-order chi connectivity index (χ1) is 11.5. The van der Waals surface area contributed by atoms with Gasteiger partial charge in [0.25, 0.3) is 5.91 Å². The van der Waals surface area contributed by atoms with Crippen LogP contribution in [0.5, 0.6) is 0 Å². The van der Waals surface area contributed by atoms with Crippen molar-refractivity contribution in [2.45, 2.75) is 13.8 Å². The van der Waals surface area contributed by atoms with Gasteiger partial charge in [0.15, 0.2) is 4.80 Å². The van der Waals surface area contributed by atoms with E-state index in [4.69, 9.17) is 0 Å². The van der Waals surface area contributed by atoms with Crippen LogP contribution in [-0.2, 0) is 7.05 Å². The number of nitrogens with zero attached hydrogens (tertiary/aromatic N) is 2. The highest BCUT2D eigenvalue weighted by molar-refractivity contribution is 9.10. The van der Waals surface area contributed by atoms with E-state index in [1.54, 1.807) is 0 Å². The maximum Gasteiger partial charge on any atom is 0.279 e. The van der Waals surface area contributed by atoms with Gasteiger partial charge < -0.3 is 4.57 Å². The largest absolute Gasteiger partial charge is 0.319 e. The van der Waals surface area contributed by atoms with Crippen molar-refractivity contribution in [2.24, 2.45) is 12.0 Å². The second kappa shape index (κ2) is 6.87. The Morgan fingerprint density at radius 3 is 2.29 bits per heavy atom. The summed E-state index contributed by atoms with van der Waals surface area (Å²) in [4.78, 5) is 18.6. The van der Waals surface area contributed by atoms with E-state index in [0.717, 1.165) is 26.2 Å². The van der Waals surface area contributed by atoms with Crippen LogP contribution in [0.2, 0.25) is 0 Å². The topological polar surface area (TPSA) is 34.4 Å². The van der Waals surface area contributed by atoms with Gasteiger partial charge in [0.05, 0.1) is 5.69 Å². The van der Waals surface area contributed by atoms with Gasteiger partial charge in [0.2, 0.25) is 0 Å². The fourth-order valence-corrected chi connectivity index (χ4v) is 3.78. The lowest BCUT2D eigenvalue weighted by Crippen LogP contribution is -2.14. The zero-order chi connectivity index (χ0) is 17.3. The van der Waals surface area contributed by atoms with Gasteiger partial charge in [0.1, 0.15) is 0 Å². The van der Waals surface area contributed by atoms with Crippen molar-refractivity contribution in [2.75, 3.05) is 0 Å². The van der Waals surface area contributed by atoms with Crippen molar-refractivity contribution in [3.8, 4) is 11.3 Å². The highest BCUT2D eigenvalue weighted by Crippen LogP contribution is 2.25. The first-order valence-electron chi connectivity index (χ1n) is 7.54. The van der Waals surface area contributed by atoms with Crippen molar-refractivity contribution >= 4 is 33.2 Å². The van der Waals surface area contributed by atoms with Crippen molar-refractivity contribution in [3.05, 3.63) is 73.8 Å². The molecule has 0 aliphatic carbocycles. The van der Waals surface area contributed by atoms with Gasteiger partial charge in [-0.3, -0.25) is 4.79 Å². The average molecular weight is 401 g/mol. The third kappa shape index (κ3) is 3.42. The second-order valence-electron chi connectivity index (χ2n) is 5.64. The molecule has 3 rings (SSSR count).